The summed E-state index contributed by atoms with van der Waals surface area (Å²) in [5.74, 6) is 0.0638. The van der Waals surface area contributed by atoms with Gasteiger partial charge in [0.25, 0.3) is 5.91 Å². The van der Waals surface area contributed by atoms with Crippen LogP contribution in [0.4, 0.5) is 5.82 Å². The van der Waals surface area contributed by atoms with Crippen LogP contribution in [0, 0.1) is 0 Å². The smallest absolute Gasteiger partial charge is 0.254 e. The number of rotatable bonds is 3. The molecule has 6 heteroatoms. The Labute approximate surface area is 112 Å². The van der Waals surface area contributed by atoms with Crippen LogP contribution in [0.1, 0.15) is 54.7 Å². The molecule has 0 aliphatic heterocycles. The summed E-state index contributed by atoms with van der Waals surface area (Å²) < 4.78 is 5.70. The molecule has 1 heterocycles. The molecule has 2 rings (SSSR count). The topological polar surface area (TPSA) is 104 Å². The maximum atomic E-state index is 11.1. The van der Waals surface area contributed by atoms with Gasteiger partial charge < -0.3 is 16.2 Å². The molecule has 6 nitrogen and oxygen atoms in total. The molecule has 1 amide bonds. The van der Waals surface area contributed by atoms with Crippen LogP contribution in [0.2, 0.25) is 0 Å². The number of amides is 1. The molecule has 1 aromatic heterocycles. The zero-order valence-electron chi connectivity index (χ0n) is 11.2. The van der Waals surface area contributed by atoms with Crippen molar-refractivity contribution in [2.24, 2.45) is 5.73 Å². The Balaban J connectivity index is 2.37. The lowest BCUT2D eigenvalue weighted by Crippen LogP contribution is -2.31. The molecule has 1 fully saturated rings. The minimum atomic E-state index is -0.614. The first-order valence-corrected chi connectivity index (χ1v) is 6.57. The third-order valence-corrected chi connectivity index (χ3v) is 3.79. The number of primary amides is 1. The van der Waals surface area contributed by atoms with Crippen molar-refractivity contribution >= 4 is 11.7 Å². The fourth-order valence-corrected chi connectivity index (χ4v) is 2.62. The first-order valence-electron chi connectivity index (χ1n) is 6.57. The molecular weight excluding hydrogens is 244 g/mol. The van der Waals surface area contributed by atoms with E-state index < -0.39 is 11.5 Å². The zero-order chi connectivity index (χ0) is 13.9. The summed E-state index contributed by atoms with van der Waals surface area (Å²) in [4.78, 5) is 19.6. The second-order valence-electron chi connectivity index (χ2n) is 4.97. The normalized spacial score (nSPS) is 18.8. The van der Waals surface area contributed by atoms with Gasteiger partial charge in [-0.3, -0.25) is 4.79 Å². The average molecular weight is 264 g/mol. The number of methoxy groups -OCH3 is 1. The predicted molar refractivity (Wildman–Crippen MR) is 71.4 cm³/mol. The van der Waals surface area contributed by atoms with Crippen molar-refractivity contribution in [3.8, 4) is 0 Å². The zero-order valence-corrected chi connectivity index (χ0v) is 11.2. The molecule has 1 aliphatic carbocycles. The highest BCUT2D eigenvalue weighted by Gasteiger charge is 2.36. The highest BCUT2D eigenvalue weighted by atomic mass is 16.5. The summed E-state index contributed by atoms with van der Waals surface area (Å²) in [6.45, 7) is 0. The van der Waals surface area contributed by atoms with Crippen LogP contribution < -0.4 is 11.5 Å². The van der Waals surface area contributed by atoms with Gasteiger partial charge in [-0.25, -0.2) is 9.97 Å². The average Bonchev–Trinajstić information content (AvgIpc) is 2.64. The first kappa shape index (κ1) is 13.7. The van der Waals surface area contributed by atoms with Crippen molar-refractivity contribution in [2.75, 3.05) is 12.8 Å². The Bertz CT molecular complexity index is 468. The molecule has 0 atom stereocenters. The number of ether oxygens (including phenoxy) is 1. The maximum absolute atomic E-state index is 11.1. The van der Waals surface area contributed by atoms with E-state index in [1.165, 1.54) is 19.0 Å². The van der Waals surface area contributed by atoms with Crippen LogP contribution in [0.15, 0.2) is 6.20 Å². The second kappa shape index (κ2) is 5.52. The molecule has 0 aromatic carbocycles. The van der Waals surface area contributed by atoms with Crippen molar-refractivity contribution in [2.45, 2.75) is 44.1 Å². The van der Waals surface area contributed by atoms with Crippen molar-refractivity contribution in [3.05, 3.63) is 17.6 Å². The van der Waals surface area contributed by atoms with Crippen LogP contribution in [-0.2, 0) is 10.3 Å². The summed E-state index contributed by atoms with van der Waals surface area (Å²) in [6, 6.07) is 0. The minimum Gasteiger partial charge on any atom is -0.383 e. The van der Waals surface area contributed by atoms with Gasteiger partial charge in [-0.1, -0.05) is 25.7 Å². The van der Waals surface area contributed by atoms with Gasteiger partial charge >= 0.3 is 0 Å². The lowest BCUT2D eigenvalue weighted by Gasteiger charge is -2.29. The van der Waals surface area contributed by atoms with Crippen molar-refractivity contribution < 1.29 is 9.53 Å². The molecule has 0 bridgehead atoms. The molecule has 104 valence electrons. The Morgan fingerprint density at radius 2 is 1.95 bits per heavy atom. The van der Waals surface area contributed by atoms with Gasteiger partial charge in [0, 0.05) is 13.3 Å². The van der Waals surface area contributed by atoms with Crippen molar-refractivity contribution in [1.29, 1.82) is 0 Å². The number of aromatic nitrogens is 2. The fraction of sp³-hybridized carbons (Fsp3) is 0.615. The molecule has 0 saturated heterocycles. The molecule has 1 saturated carbocycles. The highest BCUT2D eigenvalue weighted by molar-refractivity contribution is 5.96. The van der Waals surface area contributed by atoms with E-state index in [0.717, 1.165) is 25.7 Å². The quantitative estimate of drug-likeness (QED) is 0.802. The number of hydrogen-bond acceptors (Lipinski definition) is 5. The Kier molecular flexibility index (Phi) is 3.99. The van der Waals surface area contributed by atoms with Crippen molar-refractivity contribution in [1.82, 2.24) is 9.97 Å². The van der Waals surface area contributed by atoms with Crippen LogP contribution in [-0.4, -0.2) is 23.0 Å². The van der Waals surface area contributed by atoms with Gasteiger partial charge in [0.1, 0.15) is 11.4 Å². The fourth-order valence-electron chi connectivity index (χ4n) is 2.62. The number of anilines is 1. The number of nitrogens with two attached hydrogens (primary N) is 2. The lowest BCUT2D eigenvalue weighted by atomic mass is 9.93. The van der Waals surface area contributed by atoms with Crippen LogP contribution >= 0.6 is 0 Å². The first-order chi connectivity index (χ1) is 9.09. The molecule has 0 spiro atoms. The highest BCUT2D eigenvalue weighted by Crippen LogP contribution is 2.37. The second-order valence-corrected chi connectivity index (χ2v) is 4.97. The molecular formula is C13H20N4O2. The number of carbonyl (C=O) groups excluding carboxylic acids is 1. The Morgan fingerprint density at radius 1 is 1.32 bits per heavy atom. The van der Waals surface area contributed by atoms with Crippen LogP contribution in [0.5, 0.6) is 0 Å². The van der Waals surface area contributed by atoms with E-state index in [0.29, 0.717) is 5.82 Å². The van der Waals surface area contributed by atoms with Crippen molar-refractivity contribution in [3.63, 3.8) is 0 Å². The number of carbonyl (C=O) groups is 1. The Morgan fingerprint density at radius 3 is 2.42 bits per heavy atom. The molecule has 4 N–H and O–H groups in total. The summed E-state index contributed by atoms with van der Waals surface area (Å²) >= 11 is 0. The van der Waals surface area contributed by atoms with Gasteiger partial charge in [0.15, 0.2) is 5.82 Å². The van der Waals surface area contributed by atoms with Gasteiger partial charge in [-0.05, 0) is 12.8 Å². The predicted octanol–water partition coefficient (Wildman–Crippen LogP) is 1.35. The van der Waals surface area contributed by atoms with E-state index in [4.69, 9.17) is 16.2 Å². The summed E-state index contributed by atoms with van der Waals surface area (Å²) in [5.41, 5.74) is 10.6. The summed E-state index contributed by atoms with van der Waals surface area (Å²) in [6.07, 6.45) is 7.69. The number of hydrogen-bond donors (Lipinski definition) is 2. The van der Waals surface area contributed by atoms with E-state index >= 15 is 0 Å². The van der Waals surface area contributed by atoms with Crippen LogP contribution in [0.3, 0.4) is 0 Å². The van der Waals surface area contributed by atoms with E-state index in [-0.39, 0.29) is 11.4 Å². The monoisotopic (exact) mass is 264 g/mol. The van der Waals surface area contributed by atoms with E-state index in [2.05, 4.69) is 9.97 Å². The standard InChI is InChI=1S/C13H20N4O2/c1-19-13(6-4-2-3-5-7-13)12-16-8-9(11(15)18)10(14)17-12/h8H,2-7H2,1H3,(H2,15,18)(H2,14,16,17). The SMILES string of the molecule is COC1(c2ncc(C(N)=O)c(N)n2)CCCCCC1. The molecule has 0 unspecified atom stereocenters. The third kappa shape index (κ3) is 2.68. The summed E-state index contributed by atoms with van der Waals surface area (Å²) in [7, 11) is 1.67. The largest absolute Gasteiger partial charge is 0.383 e. The van der Waals surface area contributed by atoms with Gasteiger partial charge in [-0.15, -0.1) is 0 Å². The van der Waals surface area contributed by atoms with Gasteiger partial charge in [0.05, 0.1) is 5.56 Å². The number of nitrogens with zero attached hydrogens (tertiary/aromatic N) is 2. The lowest BCUT2D eigenvalue weighted by molar-refractivity contribution is -0.0350. The van der Waals surface area contributed by atoms with E-state index in [1.54, 1.807) is 7.11 Å². The summed E-state index contributed by atoms with van der Waals surface area (Å²) in [5, 5.41) is 0. The Hall–Kier alpha value is -1.69. The van der Waals surface area contributed by atoms with Crippen LogP contribution in [0.25, 0.3) is 0 Å². The maximum Gasteiger partial charge on any atom is 0.254 e. The molecule has 0 radical (unpaired) electrons. The molecule has 1 aromatic rings. The molecule has 19 heavy (non-hydrogen) atoms. The van der Waals surface area contributed by atoms with Gasteiger partial charge in [0.2, 0.25) is 0 Å². The minimum absolute atomic E-state index is 0.123. The molecule has 1 aliphatic rings. The van der Waals surface area contributed by atoms with Gasteiger partial charge in [-0.2, -0.15) is 0 Å². The third-order valence-electron chi connectivity index (χ3n) is 3.79. The van der Waals surface area contributed by atoms with E-state index in [9.17, 15) is 4.79 Å². The number of nitrogen functional groups attached to an aromatic ring is 1. The van der Waals surface area contributed by atoms with E-state index in [1.807, 2.05) is 0 Å².